The highest BCUT2D eigenvalue weighted by Crippen LogP contribution is 2.19. The summed E-state index contributed by atoms with van der Waals surface area (Å²) in [5.74, 6) is 0. The average Bonchev–Trinajstić information content (AvgIpc) is 2.31. The number of hydrogen-bond acceptors (Lipinski definition) is 5. The molecule has 0 radical (unpaired) electrons. The molecule has 1 saturated heterocycles. The van der Waals surface area contributed by atoms with Gasteiger partial charge < -0.3 is 24.3 Å². The molecule has 1 heterocycles. The van der Waals surface area contributed by atoms with E-state index in [1.807, 2.05) is 0 Å². The first-order valence-corrected chi connectivity index (χ1v) is 5.60. The Balaban J connectivity index is 2.53. The van der Waals surface area contributed by atoms with Crippen LogP contribution >= 0.6 is 0 Å². The quantitative estimate of drug-likeness (QED) is 0.672. The fourth-order valence-electron chi connectivity index (χ4n) is 2.27. The summed E-state index contributed by atoms with van der Waals surface area (Å²) < 4.78 is 21.1. The first-order chi connectivity index (χ1) is 7.76. The minimum atomic E-state index is -0.211. The molecule has 16 heavy (non-hydrogen) atoms. The molecule has 1 unspecified atom stereocenters. The molecule has 0 aromatic carbocycles. The molecule has 1 N–H and O–H groups in total. The van der Waals surface area contributed by atoms with Gasteiger partial charge in [0.05, 0.1) is 24.8 Å². The van der Waals surface area contributed by atoms with E-state index in [0.29, 0.717) is 6.61 Å². The maximum atomic E-state index is 5.43. The van der Waals surface area contributed by atoms with E-state index < -0.39 is 0 Å². The van der Waals surface area contributed by atoms with E-state index in [-0.39, 0.29) is 24.5 Å². The topological polar surface area (TPSA) is 49.0 Å². The van der Waals surface area contributed by atoms with Crippen molar-refractivity contribution >= 4 is 0 Å². The summed E-state index contributed by atoms with van der Waals surface area (Å²) in [7, 11) is 6.74. The molecule has 0 saturated carbocycles. The molecule has 0 aromatic rings. The van der Waals surface area contributed by atoms with Crippen molar-refractivity contribution < 1.29 is 18.9 Å². The summed E-state index contributed by atoms with van der Waals surface area (Å²) in [5, 5.41) is 3.46. The van der Waals surface area contributed by atoms with Gasteiger partial charge in [-0.2, -0.15) is 0 Å². The van der Waals surface area contributed by atoms with Crippen LogP contribution in [-0.2, 0) is 18.9 Å². The molecule has 1 rings (SSSR count). The molecule has 5 heteroatoms. The number of ether oxygens (including phenoxy) is 4. The van der Waals surface area contributed by atoms with Crippen LogP contribution in [0.15, 0.2) is 0 Å². The minimum Gasteiger partial charge on any atom is -0.383 e. The number of nitrogens with one attached hydrogen (secondary N) is 1. The van der Waals surface area contributed by atoms with Gasteiger partial charge in [-0.1, -0.05) is 0 Å². The Morgan fingerprint density at radius 1 is 1.12 bits per heavy atom. The van der Waals surface area contributed by atoms with E-state index in [2.05, 4.69) is 5.32 Å². The first-order valence-electron chi connectivity index (χ1n) is 5.60. The van der Waals surface area contributed by atoms with E-state index in [1.165, 1.54) is 0 Å². The highest BCUT2D eigenvalue weighted by molar-refractivity contribution is 4.89. The zero-order valence-corrected chi connectivity index (χ0v) is 10.6. The summed E-state index contributed by atoms with van der Waals surface area (Å²) in [6.07, 6.45) is 1.96. The highest BCUT2D eigenvalue weighted by Gasteiger charge is 2.33. The van der Waals surface area contributed by atoms with Crippen molar-refractivity contribution in [3.05, 3.63) is 0 Å². The van der Waals surface area contributed by atoms with Crippen molar-refractivity contribution in [2.45, 2.75) is 37.3 Å². The molecule has 1 fully saturated rings. The standard InChI is InChI=1S/C11H23NO4/c1-13-7-9-10(14-2)6-5-8(12-9)11(15-3)16-4/h8-12H,5-7H2,1-4H3/t8?,9-,10+/m1/s1. The molecule has 1 aliphatic rings. The summed E-state index contributed by atoms with van der Waals surface area (Å²) in [4.78, 5) is 0. The van der Waals surface area contributed by atoms with Crippen LogP contribution in [0.3, 0.4) is 0 Å². The molecule has 0 amide bonds. The Hall–Kier alpha value is -0.200. The van der Waals surface area contributed by atoms with Crippen molar-refractivity contribution in [1.29, 1.82) is 0 Å². The van der Waals surface area contributed by atoms with E-state index in [1.54, 1.807) is 28.4 Å². The van der Waals surface area contributed by atoms with Crippen molar-refractivity contribution in [3.8, 4) is 0 Å². The fourth-order valence-corrected chi connectivity index (χ4v) is 2.27. The second-order valence-electron chi connectivity index (χ2n) is 4.03. The van der Waals surface area contributed by atoms with Gasteiger partial charge in [-0.25, -0.2) is 0 Å². The highest BCUT2D eigenvalue weighted by atomic mass is 16.7. The molecule has 0 bridgehead atoms. The van der Waals surface area contributed by atoms with Gasteiger partial charge in [0, 0.05) is 28.4 Å². The lowest BCUT2D eigenvalue weighted by Crippen LogP contribution is -2.57. The Kier molecular flexibility index (Phi) is 6.23. The third-order valence-corrected chi connectivity index (χ3v) is 3.08. The lowest BCUT2D eigenvalue weighted by Gasteiger charge is -2.38. The molecule has 5 nitrogen and oxygen atoms in total. The largest absolute Gasteiger partial charge is 0.383 e. The SMILES string of the molecule is COC[C@H]1NC(C(OC)OC)CC[C@@H]1OC. The van der Waals surface area contributed by atoms with Crippen LogP contribution in [0.4, 0.5) is 0 Å². The van der Waals surface area contributed by atoms with Gasteiger partial charge in [-0.3, -0.25) is 0 Å². The minimum absolute atomic E-state index is 0.196. The van der Waals surface area contributed by atoms with Crippen molar-refractivity contribution in [2.24, 2.45) is 0 Å². The Labute approximate surface area is 97.4 Å². The van der Waals surface area contributed by atoms with Gasteiger partial charge in [0.25, 0.3) is 0 Å². The maximum absolute atomic E-state index is 5.43. The lowest BCUT2D eigenvalue weighted by molar-refractivity contribution is -0.138. The number of rotatable bonds is 6. The average molecular weight is 233 g/mol. The van der Waals surface area contributed by atoms with Crippen LogP contribution in [-0.4, -0.2) is 59.5 Å². The number of hydrogen-bond donors (Lipinski definition) is 1. The normalized spacial score (nSPS) is 30.9. The monoisotopic (exact) mass is 233 g/mol. The van der Waals surface area contributed by atoms with Gasteiger partial charge in [0.2, 0.25) is 0 Å². The third-order valence-electron chi connectivity index (χ3n) is 3.08. The summed E-state index contributed by atoms with van der Waals surface area (Å²) in [5.41, 5.74) is 0. The molecular weight excluding hydrogens is 210 g/mol. The number of methoxy groups -OCH3 is 4. The Morgan fingerprint density at radius 3 is 2.31 bits per heavy atom. The first kappa shape index (κ1) is 13.9. The molecule has 1 aliphatic heterocycles. The molecule has 3 atom stereocenters. The Bertz CT molecular complexity index is 179. The predicted molar refractivity (Wildman–Crippen MR) is 60.4 cm³/mol. The molecule has 0 aromatic heterocycles. The van der Waals surface area contributed by atoms with Crippen molar-refractivity contribution in [2.75, 3.05) is 35.0 Å². The second kappa shape index (κ2) is 7.19. The fraction of sp³-hybridized carbons (Fsp3) is 1.00. The zero-order chi connectivity index (χ0) is 12.0. The van der Waals surface area contributed by atoms with Crippen LogP contribution in [0, 0.1) is 0 Å². The summed E-state index contributed by atoms with van der Waals surface area (Å²) >= 11 is 0. The summed E-state index contributed by atoms with van der Waals surface area (Å²) in [6, 6.07) is 0.392. The van der Waals surface area contributed by atoms with Crippen molar-refractivity contribution in [3.63, 3.8) is 0 Å². The predicted octanol–water partition coefficient (Wildman–Crippen LogP) is 0.387. The zero-order valence-electron chi connectivity index (χ0n) is 10.6. The molecular formula is C11H23NO4. The van der Waals surface area contributed by atoms with Crippen LogP contribution in [0.25, 0.3) is 0 Å². The van der Waals surface area contributed by atoms with Gasteiger partial charge in [-0.15, -0.1) is 0 Å². The van der Waals surface area contributed by atoms with E-state index in [0.717, 1.165) is 12.8 Å². The van der Waals surface area contributed by atoms with E-state index >= 15 is 0 Å². The number of piperidine rings is 1. The smallest absolute Gasteiger partial charge is 0.171 e. The van der Waals surface area contributed by atoms with E-state index in [9.17, 15) is 0 Å². The second-order valence-corrected chi connectivity index (χ2v) is 4.03. The lowest BCUT2D eigenvalue weighted by atomic mass is 9.95. The summed E-state index contributed by atoms with van der Waals surface area (Å²) in [6.45, 7) is 0.634. The molecule has 96 valence electrons. The van der Waals surface area contributed by atoms with Gasteiger partial charge >= 0.3 is 0 Å². The maximum Gasteiger partial charge on any atom is 0.171 e. The van der Waals surface area contributed by atoms with Gasteiger partial charge in [-0.05, 0) is 12.8 Å². The van der Waals surface area contributed by atoms with Gasteiger partial charge in [0.15, 0.2) is 6.29 Å². The Morgan fingerprint density at radius 2 is 1.81 bits per heavy atom. The molecule has 0 aliphatic carbocycles. The van der Waals surface area contributed by atoms with E-state index in [4.69, 9.17) is 18.9 Å². The van der Waals surface area contributed by atoms with Crippen LogP contribution in [0.5, 0.6) is 0 Å². The van der Waals surface area contributed by atoms with Crippen LogP contribution in [0.2, 0.25) is 0 Å². The van der Waals surface area contributed by atoms with Crippen molar-refractivity contribution in [1.82, 2.24) is 5.32 Å². The third kappa shape index (κ3) is 3.40. The van der Waals surface area contributed by atoms with Crippen LogP contribution in [0.1, 0.15) is 12.8 Å². The van der Waals surface area contributed by atoms with Crippen LogP contribution < -0.4 is 5.32 Å². The molecule has 0 spiro atoms. The van der Waals surface area contributed by atoms with Gasteiger partial charge in [0.1, 0.15) is 0 Å².